The number of alkyl halides is 3. The van der Waals surface area contributed by atoms with Gasteiger partial charge in [-0.1, -0.05) is 12.1 Å². The van der Waals surface area contributed by atoms with Crippen molar-refractivity contribution in [2.24, 2.45) is 7.05 Å². The maximum atomic E-state index is 12.6. The van der Waals surface area contributed by atoms with E-state index in [9.17, 15) is 13.2 Å². The van der Waals surface area contributed by atoms with Crippen LogP contribution in [-0.2, 0) is 19.8 Å². The lowest BCUT2D eigenvalue weighted by Crippen LogP contribution is -2.07. The van der Waals surface area contributed by atoms with E-state index >= 15 is 0 Å². The number of hydrogen-bond acceptors (Lipinski definition) is 3. The summed E-state index contributed by atoms with van der Waals surface area (Å²) in [5.74, 6) is 1.41. The molecule has 0 aliphatic rings. The number of hydrogen-bond donors (Lipinski definition) is 1. The first kappa shape index (κ1) is 17.8. The number of anilines is 1. The van der Waals surface area contributed by atoms with Crippen molar-refractivity contribution in [2.45, 2.75) is 12.7 Å². The van der Waals surface area contributed by atoms with Gasteiger partial charge in [-0.05, 0) is 42.0 Å². The first-order chi connectivity index (χ1) is 12.4. The van der Waals surface area contributed by atoms with Crippen molar-refractivity contribution in [3.8, 4) is 17.0 Å². The predicted molar refractivity (Wildman–Crippen MR) is 94.0 cm³/mol. The largest absolute Gasteiger partial charge is 0.497 e. The molecule has 7 heteroatoms. The highest BCUT2D eigenvalue weighted by Gasteiger charge is 2.29. The number of benzene rings is 2. The van der Waals surface area contributed by atoms with Gasteiger partial charge in [-0.3, -0.25) is 0 Å². The molecule has 4 nitrogen and oxygen atoms in total. The van der Waals surface area contributed by atoms with Crippen LogP contribution in [0.5, 0.6) is 5.75 Å². The maximum absolute atomic E-state index is 12.6. The summed E-state index contributed by atoms with van der Waals surface area (Å²) in [4.78, 5) is 4.35. The molecule has 0 spiro atoms. The van der Waals surface area contributed by atoms with E-state index in [4.69, 9.17) is 4.74 Å². The van der Waals surface area contributed by atoms with Crippen molar-refractivity contribution < 1.29 is 17.9 Å². The number of nitrogens with zero attached hydrogens (tertiary/aromatic N) is 2. The molecule has 1 heterocycles. The van der Waals surface area contributed by atoms with E-state index in [0.29, 0.717) is 12.5 Å². The number of rotatable bonds is 5. The second kappa shape index (κ2) is 7.11. The first-order valence-electron chi connectivity index (χ1n) is 7.94. The lowest BCUT2D eigenvalue weighted by atomic mass is 10.1. The highest BCUT2D eigenvalue weighted by atomic mass is 19.4. The molecular weight excluding hydrogens is 343 g/mol. The lowest BCUT2D eigenvalue weighted by molar-refractivity contribution is -0.137. The standard InChI is InChI=1S/C19H18F3N3O/c1-25-17(14-5-9-16(26-2)10-6-14)12-24-18(25)23-11-13-3-7-15(8-4-13)19(20,21)22/h3-10,12H,11H2,1-2H3,(H,23,24). The summed E-state index contributed by atoms with van der Waals surface area (Å²) < 4.78 is 44.8. The molecule has 136 valence electrons. The van der Waals surface area contributed by atoms with Gasteiger partial charge in [0.1, 0.15) is 5.75 Å². The third-order valence-electron chi connectivity index (χ3n) is 4.11. The Bertz CT molecular complexity index is 869. The van der Waals surface area contributed by atoms with E-state index in [-0.39, 0.29) is 0 Å². The van der Waals surface area contributed by atoms with Gasteiger partial charge in [0, 0.05) is 19.2 Å². The van der Waals surface area contributed by atoms with Crippen LogP contribution in [0, 0.1) is 0 Å². The first-order valence-corrected chi connectivity index (χ1v) is 7.94. The van der Waals surface area contributed by atoms with Crippen LogP contribution in [0.1, 0.15) is 11.1 Å². The molecule has 0 aliphatic heterocycles. The quantitative estimate of drug-likeness (QED) is 0.714. The zero-order valence-electron chi connectivity index (χ0n) is 14.3. The van der Waals surface area contributed by atoms with Crippen molar-refractivity contribution in [3.63, 3.8) is 0 Å². The fourth-order valence-electron chi connectivity index (χ4n) is 2.60. The van der Waals surface area contributed by atoms with Crippen LogP contribution >= 0.6 is 0 Å². The number of aromatic nitrogens is 2. The van der Waals surface area contributed by atoms with Crippen LogP contribution < -0.4 is 10.1 Å². The summed E-state index contributed by atoms with van der Waals surface area (Å²) in [5.41, 5.74) is 2.00. The molecule has 0 aliphatic carbocycles. The van der Waals surface area contributed by atoms with Gasteiger partial charge in [0.15, 0.2) is 0 Å². The van der Waals surface area contributed by atoms with Gasteiger partial charge in [-0.25, -0.2) is 4.98 Å². The molecule has 1 aromatic heterocycles. The fourth-order valence-corrected chi connectivity index (χ4v) is 2.60. The monoisotopic (exact) mass is 361 g/mol. The Morgan fingerprint density at radius 1 is 1.04 bits per heavy atom. The molecular formula is C19H18F3N3O. The zero-order chi connectivity index (χ0) is 18.7. The second-order valence-electron chi connectivity index (χ2n) is 5.80. The van der Waals surface area contributed by atoms with Gasteiger partial charge >= 0.3 is 6.18 Å². The summed E-state index contributed by atoms with van der Waals surface area (Å²) in [6.07, 6.45) is -2.57. The summed E-state index contributed by atoms with van der Waals surface area (Å²) in [7, 11) is 3.49. The van der Waals surface area contributed by atoms with E-state index < -0.39 is 11.7 Å². The molecule has 26 heavy (non-hydrogen) atoms. The Morgan fingerprint density at radius 3 is 2.27 bits per heavy atom. The van der Waals surface area contributed by atoms with E-state index in [1.54, 1.807) is 13.3 Å². The fraction of sp³-hybridized carbons (Fsp3) is 0.211. The van der Waals surface area contributed by atoms with Gasteiger partial charge in [0.2, 0.25) is 5.95 Å². The Hall–Kier alpha value is -2.96. The minimum absolute atomic E-state index is 0.380. The molecule has 0 fully saturated rings. The normalized spacial score (nSPS) is 11.4. The van der Waals surface area contributed by atoms with Crippen LogP contribution in [0.2, 0.25) is 0 Å². The van der Waals surface area contributed by atoms with Gasteiger partial charge in [0.05, 0.1) is 24.6 Å². The minimum Gasteiger partial charge on any atom is -0.497 e. The molecule has 0 bridgehead atoms. The third-order valence-corrected chi connectivity index (χ3v) is 4.11. The van der Waals surface area contributed by atoms with Crippen LogP contribution in [-0.4, -0.2) is 16.7 Å². The van der Waals surface area contributed by atoms with Gasteiger partial charge in [-0.2, -0.15) is 13.2 Å². The molecule has 2 aromatic carbocycles. The molecule has 0 radical (unpaired) electrons. The van der Waals surface area contributed by atoms with E-state index in [2.05, 4.69) is 10.3 Å². The van der Waals surface area contributed by atoms with Crippen LogP contribution in [0.3, 0.4) is 0 Å². The van der Waals surface area contributed by atoms with Crippen molar-refractivity contribution in [2.75, 3.05) is 12.4 Å². The number of ether oxygens (including phenoxy) is 1. The Morgan fingerprint density at radius 2 is 1.69 bits per heavy atom. The lowest BCUT2D eigenvalue weighted by Gasteiger charge is -2.10. The van der Waals surface area contributed by atoms with E-state index in [0.717, 1.165) is 34.7 Å². The van der Waals surface area contributed by atoms with Crippen molar-refractivity contribution in [3.05, 3.63) is 65.9 Å². The minimum atomic E-state index is -4.32. The van der Waals surface area contributed by atoms with Gasteiger partial charge < -0.3 is 14.6 Å². The van der Waals surface area contributed by atoms with E-state index in [1.807, 2.05) is 35.9 Å². The highest BCUT2D eigenvalue weighted by molar-refractivity contribution is 5.62. The van der Waals surface area contributed by atoms with Crippen molar-refractivity contribution >= 4 is 5.95 Å². The van der Waals surface area contributed by atoms with Crippen molar-refractivity contribution in [1.29, 1.82) is 0 Å². The summed E-state index contributed by atoms with van der Waals surface area (Å²) in [5, 5.41) is 3.15. The molecule has 0 unspecified atom stereocenters. The Balaban J connectivity index is 1.70. The SMILES string of the molecule is COc1ccc(-c2cnc(NCc3ccc(C(F)(F)F)cc3)n2C)cc1. The molecule has 0 saturated carbocycles. The summed E-state index contributed by atoms with van der Waals surface area (Å²) in [6, 6.07) is 12.7. The molecule has 0 atom stereocenters. The molecule has 0 saturated heterocycles. The third kappa shape index (κ3) is 3.82. The molecule has 3 aromatic rings. The Labute approximate surface area is 149 Å². The topological polar surface area (TPSA) is 39.1 Å². The molecule has 1 N–H and O–H groups in total. The average molecular weight is 361 g/mol. The zero-order valence-corrected chi connectivity index (χ0v) is 14.3. The number of imidazole rings is 1. The van der Waals surface area contributed by atoms with E-state index in [1.165, 1.54) is 12.1 Å². The second-order valence-corrected chi connectivity index (χ2v) is 5.80. The average Bonchev–Trinajstić information content (AvgIpc) is 3.00. The maximum Gasteiger partial charge on any atom is 0.416 e. The highest BCUT2D eigenvalue weighted by Crippen LogP contribution is 2.29. The summed E-state index contributed by atoms with van der Waals surface area (Å²) >= 11 is 0. The summed E-state index contributed by atoms with van der Waals surface area (Å²) in [6.45, 7) is 0.380. The van der Waals surface area contributed by atoms with Crippen LogP contribution in [0.25, 0.3) is 11.3 Å². The predicted octanol–water partition coefficient (Wildman–Crippen LogP) is 4.73. The molecule has 3 rings (SSSR count). The van der Waals surface area contributed by atoms with Crippen LogP contribution in [0.4, 0.5) is 19.1 Å². The number of methoxy groups -OCH3 is 1. The number of halogens is 3. The van der Waals surface area contributed by atoms with Gasteiger partial charge in [0.25, 0.3) is 0 Å². The van der Waals surface area contributed by atoms with Gasteiger partial charge in [-0.15, -0.1) is 0 Å². The smallest absolute Gasteiger partial charge is 0.416 e. The Kier molecular flexibility index (Phi) is 4.88. The van der Waals surface area contributed by atoms with Crippen molar-refractivity contribution in [1.82, 2.24) is 9.55 Å². The molecule has 0 amide bonds. The number of nitrogens with one attached hydrogen (secondary N) is 1. The van der Waals surface area contributed by atoms with Crippen LogP contribution in [0.15, 0.2) is 54.7 Å².